The molecule has 0 spiro atoms. The normalized spacial score (nSPS) is 12.5. The van der Waals surface area contributed by atoms with Crippen LogP contribution in [0.5, 0.6) is 11.5 Å². The van der Waals surface area contributed by atoms with Crippen LogP contribution in [-0.4, -0.2) is 20.9 Å². The van der Waals surface area contributed by atoms with Crippen LogP contribution in [0.25, 0.3) is 27.6 Å². The minimum Gasteiger partial charge on any atom is -0.497 e. The Morgan fingerprint density at radius 3 is 1.86 bits per heavy atom. The molecule has 0 fully saturated rings. The fraction of sp³-hybridized carbons (Fsp3) is 0.125. The average Bonchev–Trinajstić information content (AvgIpc) is 2.93. The highest BCUT2D eigenvalue weighted by Crippen LogP contribution is 2.25. The zero-order chi connectivity index (χ0) is 23.8. The molecular formula is C32H27BO2. The van der Waals surface area contributed by atoms with E-state index in [1.807, 2.05) is 0 Å². The monoisotopic (exact) mass is 454 g/mol. The second-order valence-corrected chi connectivity index (χ2v) is 9.14. The predicted octanol–water partition coefficient (Wildman–Crippen LogP) is 5.49. The summed E-state index contributed by atoms with van der Waals surface area (Å²) in [6, 6.07) is 32.6. The Bertz CT molecular complexity index is 1500. The topological polar surface area (TPSA) is 18.5 Å². The third-order valence-electron chi connectivity index (χ3n) is 7.26. The van der Waals surface area contributed by atoms with Crippen molar-refractivity contribution in [2.75, 3.05) is 14.2 Å². The first-order valence-corrected chi connectivity index (χ1v) is 12.2. The molecule has 0 aliphatic heterocycles. The SMILES string of the molecule is COc1ccc2ccccc2c1B(c1ccc2c(c1)C=CCC2)c1c(OC)ccc2ccccc12. The van der Waals surface area contributed by atoms with Crippen molar-refractivity contribution in [1.29, 1.82) is 0 Å². The maximum Gasteiger partial charge on any atom is 0.252 e. The molecule has 5 aromatic rings. The van der Waals surface area contributed by atoms with E-state index in [0.717, 1.165) is 24.3 Å². The summed E-state index contributed by atoms with van der Waals surface area (Å²) in [4.78, 5) is 0. The van der Waals surface area contributed by atoms with Crippen LogP contribution in [0.15, 0.2) is 97.1 Å². The van der Waals surface area contributed by atoms with Gasteiger partial charge in [0.05, 0.1) is 14.2 Å². The van der Waals surface area contributed by atoms with Gasteiger partial charge in [0.25, 0.3) is 6.71 Å². The molecule has 0 heterocycles. The van der Waals surface area contributed by atoms with E-state index in [2.05, 4.69) is 103 Å². The number of hydrogen-bond acceptors (Lipinski definition) is 2. The first-order chi connectivity index (χ1) is 17.3. The summed E-state index contributed by atoms with van der Waals surface area (Å²) < 4.78 is 12.0. The van der Waals surface area contributed by atoms with Gasteiger partial charge in [-0.05, 0) is 68.6 Å². The maximum absolute atomic E-state index is 6.02. The van der Waals surface area contributed by atoms with Gasteiger partial charge in [0.1, 0.15) is 11.5 Å². The van der Waals surface area contributed by atoms with Gasteiger partial charge in [-0.1, -0.05) is 96.5 Å². The number of fused-ring (bicyclic) bond motifs is 3. The van der Waals surface area contributed by atoms with E-state index < -0.39 is 0 Å². The molecule has 0 saturated carbocycles. The van der Waals surface area contributed by atoms with Crippen molar-refractivity contribution in [1.82, 2.24) is 0 Å². The molecule has 0 radical (unpaired) electrons. The smallest absolute Gasteiger partial charge is 0.252 e. The molecule has 0 atom stereocenters. The van der Waals surface area contributed by atoms with Crippen molar-refractivity contribution in [3.8, 4) is 11.5 Å². The third kappa shape index (κ3) is 3.68. The maximum atomic E-state index is 6.02. The summed E-state index contributed by atoms with van der Waals surface area (Å²) in [7, 11) is 3.53. The molecule has 2 nitrogen and oxygen atoms in total. The fourth-order valence-electron chi connectivity index (χ4n) is 5.61. The molecular weight excluding hydrogens is 427 g/mol. The molecule has 0 saturated heterocycles. The van der Waals surface area contributed by atoms with Crippen LogP contribution in [0.3, 0.4) is 0 Å². The molecule has 35 heavy (non-hydrogen) atoms. The summed E-state index contributed by atoms with van der Waals surface area (Å²) in [5, 5.41) is 4.79. The van der Waals surface area contributed by atoms with E-state index in [1.165, 1.54) is 49.1 Å². The lowest BCUT2D eigenvalue weighted by molar-refractivity contribution is 0.417. The molecule has 1 aliphatic rings. The lowest BCUT2D eigenvalue weighted by atomic mass is 9.35. The molecule has 0 bridgehead atoms. The Kier molecular flexibility index (Phi) is 5.54. The van der Waals surface area contributed by atoms with Gasteiger partial charge < -0.3 is 9.47 Å². The Morgan fingerprint density at radius 2 is 1.26 bits per heavy atom. The first-order valence-electron chi connectivity index (χ1n) is 12.2. The zero-order valence-corrected chi connectivity index (χ0v) is 20.1. The van der Waals surface area contributed by atoms with Crippen molar-refractivity contribution in [2.45, 2.75) is 12.8 Å². The third-order valence-corrected chi connectivity index (χ3v) is 7.26. The quantitative estimate of drug-likeness (QED) is 0.327. The number of rotatable bonds is 5. The standard InChI is InChI=1S/C32H27BO2/c1-34-29-19-16-23-10-5-7-13-27(23)31(29)33(26-18-15-22-9-3-4-12-25(22)21-26)32-28-14-8-6-11-24(28)17-20-30(32)35-2/h4-8,10-21H,3,9H2,1-2H3. The summed E-state index contributed by atoms with van der Waals surface area (Å²) in [6.07, 6.45) is 6.73. The lowest BCUT2D eigenvalue weighted by Gasteiger charge is -2.25. The van der Waals surface area contributed by atoms with Crippen LogP contribution in [0.2, 0.25) is 0 Å². The highest BCUT2D eigenvalue weighted by atomic mass is 16.5. The van der Waals surface area contributed by atoms with Crippen molar-refractivity contribution in [3.63, 3.8) is 0 Å². The minimum absolute atomic E-state index is 0.0715. The zero-order valence-electron chi connectivity index (χ0n) is 20.1. The number of allylic oxidation sites excluding steroid dienone is 1. The van der Waals surface area contributed by atoms with E-state index >= 15 is 0 Å². The van der Waals surface area contributed by atoms with Crippen molar-refractivity contribution < 1.29 is 9.47 Å². The van der Waals surface area contributed by atoms with Gasteiger partial charge in [0, 0.05) is 0 Å². The molecule has 170 valence electrons. The second-order valence-electron chi connectivity index (χ2n) is 9.14. The van der Waals surface area contributed by atoms with Crippen LogP contribution in [0, 0.1) is 0 Å². The lowest BCUT2D eigenvalue weighted by Crippen LogP contribution is -2.53. The molecule has 0 N–H and O–H groups in total. The second kappa shape index (κ2) is 9.00. The number of methoxy groups -OCH3 is 2. The van der Waals surface area contributed by atoms with Gasteiger partial charge in [0.15, 0.2) is 0 Å². The molecule has 0 aromatic heterocycles. The summed E-state index contributed by atoms with van der Waals surface area (Å²) in [5.41, 5.74) is 6.28. The van der Waals surface area contributed by atoms with Crippen molar-refractivity contribution in [3.05, 3.63) is 108 Å². The van der Waals surface area contributed by atoms with Crippen LogP contribution in [-0.2, 0) is 6.42 Å². The number of hydrogen-bond donors (Lipinski definition) is 0. The van der Waals surface area contributed by atoms with Crippen LogP contribution >= 0.6 is 0 Å². The van der Waals surface area contributed by atoms with E-state index in [1.54, 1.807) is 14.2 Å². The van der Waals surface area contributed by atoms with E-state index in [0.29, 0.717) is 0 Å². The van der Waals surface area contributed by atoms with Crippen LogP contribution in [0.1, 0.15) is 17.5 Å². The number of benzene rings is 5. The Labute approximate surface area is 206 Å². The van der Waals surface area contributed by atoms with Gasteiger partial charge in [0.2, 0.25) is 0 Å². The first kappa shape index (κ1) is 21.6. The summed E-state index contributed by atoms with van der Waals surface area (Å²) >= 11 is 0. The Morgan fingerprint density at radius 1 is 0.657 bits per heavy atom. The van der Waals surface area contributed by atoms with E-state index in [-0.39, 0.29) is 6.71 Å². The predicted molar refractivity (Wildman–Crippen MR) is 149 cm³/mol. The van der Waals surface area contributed by atoms with Gasteiger partial charge in [-0.15, -0.1) is 0 Å². The van der Waals surface area contributed by atoms with Gasteiger partial charge >= 0.3 is 0 Å². The van der Waals surface area contributed by atoms with Gasteiger partial charge in [-0.2, -0.15) is 0 Å². The van der Waals surface area contributed by atoms with Crippen LogP contribution in [0.4, 0.5) is 0 Å². The van der Waals surface area contributed by atoms with Crippen molar-refractivity contribution >= 4 is 50.7 Å². The van der Waals surface area contributed by atoms with E-state index in [4.69, 9.17) is 9.47 Å². The number of aryl methyl sites for hydroxylation is 1. The van der Waals surface area contributed by atoms with Gasteiger partial charge in [-0.25, -0.2) is 0 Å². The average molecular weight is 454 g/mol. The molecule has 5 aromatic carbocycles. The molecule has 0 unspecified atom stereocenters. The van der Waals surface area contributed by atoms with Crippen LogP contribution < -0.4 is 25.9 Å². The Hall–Kier alpha value is -3.98. The van der Waals surface area contributed by atoms with Gasteiger partial charge in [-0.3, -0.25) is 0 Å². The number of ether oxygens (including phenoxy) is 2. The summed E-state index contributed by atoms with van der Waals surface area (Å²) in [6.45, 7) is -0.0715. The Balaban J connectivity index is 1.74. The minimum atomic E-state index is -0.0715. The largest absolute Gasteiger partial charge is 0.497 e. The molecule has 0 amide bonds. The highest BCUT2D eigenvalue weighted by Gasteiger charge is 2.32. The van der Waals surface area contributed by atoms with E-state index in [9.17, 15) is 0 Å². The summed E-state index contributed by atoms with van der Waals surface area (Å²) in [5.74, 6) is 1.77. The van der Waals surface area contributed by atoms with Crippen molar-refractivity contribution in [2.24, 2.45) is 0 Å². The molecule has 6 rings (SSSR count). The molecule has 1 aliphatic carbocycles. The fourth-order valence-corrected chi connectivity index (χ4v) is 5.61. The highest BCUT2D eigenvalue weighted by molar-refractivity contribution is 6.99. The molecule has 3 heteroatoms.